The van der Waals surface area contributed by atoms with Crippen LogP contribution in [0.25, 0.3) is 0 Å². The van der Waals surface area contributed by atoms with Gasteiger partial charge in [0, 0.05) is 11.6 Å². The van der Waals surface area contributed by atoms with Crippen LogP contribution in [0.3, 0.4) is 0 Å². The molecule has 2 aromatic carbocycles. The number of benzene rings is 2. The molecule has 1 aliphatic rings. The molecule has 0 aromatic heterocycles. The maximum Gasteiger partial charge on any atom is 0.251 e. The average Bonchev–Trinajstić information content (AvgIpc) is 2.75. The highest BCUT2D eigenvalue weighted by Gasteiger charge is 2.20. The van der Waals surface area contributed by atoms with Gasteiger partial charge in [-0.1, -0.05) is 69.0 Å². The molecule has 1 saturated carbocycles. The fraction of sp³-hybridized carbons (Fsp3) is 0.462. The Bertz CT molecular complexity index is 902. The second kappa shape index (κ2) is 10.8. The van der Waals surface area contributed by atoms with Crippen molar-refractivity contribution in [1.29, 1.82) is 0 Å². The minimum Gasteiger partial charge on any atom is -0.349 e. The highest BCUT2D eigenvalue weighted by atomic mass is 35.5. The van der Waals surface area contributed by atoms with Crippen LogP contribution < -0.4 is 10.6 Å². The van der Waals surface area contributed by atoms with Gasteiger partial charge in [0.05, 0.1) is 16.6 Å². The van der Waals surface area contributed by atoms with E-state index in [4.69, 9.17) is 11.6 Å². The van der Waals surface area contributed by atoms with Crippen LogP contribution in [-0.4, -0.2) is 17.9 Å². The molecule has 166 valence electrons. The van der Waals surface area contributed by atoms with E-state index in [1.54, 1.807) is 18.2 Å². The minimum atomic E-state index is -0.330. The van der Waals surface area contributed by atoms with E-state index in [0.29, 0.717) is 22.2 Å². The van der Waals surface area contributed by atoms with Gasteiger partial charge in [-0.25, -0.2) is 0 Å². The van der Waals surface area contributed by atoms with Gasteiger partial charge in [-0.15, -0.1) is 0 Å². The Morgan fingerprint density at radius 3 is 2.32 bits per heavy atom. The number of hydrogen-bond acceptors (Lipinski definition) is 2. The van der Waals surface area contributed by atoms with E-state index in [1.165, 1.54) is 12.0 Å². The number of rotatable bonds is 7. The molecule has 1 fully saturated rings. The monoisotopic (exact) mass is 440 g/mol. The van der Waals surface area contributed by atoms with Crippen molar-refractivity contribution >= 4 is 29.1 Å². The zero-order valence-electron chi connectivity index (χ0n) is 18.7. The summed E-state index contributed by atoms with van der Waals surface area (Å²) in [5, 5.41) is 6.43. The molecule has 31 heavy (non-hydrogen) atoms. The normalized spacial score (nSPS) is 15.5. The molecule has 0 aliphatic heterocycles. The van der Waals surface area contributed by atoms with Crippen molar-refractivity contribution in [2.45, 2.75) is 71.3 Å². The second-order valence-corrected chi connectivity index (χ2v) is 9.46. The molecule has 2 amide bonds. The smallest absolute Gasteiger partial charge is 0.251 e. The fourth-order valence-corrected chi connectivity index (χ4v) is 4.25. The molecule has 0 bridgehead atoms. The van der Waals surface area contributed by atoms with Gasteiger partial charge in [0.15, 0.2) is 0 Å². The summed E-state index contributed by atoms with van der Waals surface area (Å²) < 4.78 is 0. The van der Waals surface area contributed by atoms with E-state index in [1.807, 2.05) is 19.1 Å². The summed E-state index contributed by atoms with van der Waals surface area (Å²) in [4.78, 5) is 25.5. The summed E-state index contributed by atoms with van der Waals surface area (Å²) in [6.45, 7) is 6.26. The lowest BCUT2D eigenvalue weighted by atomic mass is 9.95. The lowest BCUT2D eigenvalue weighted by Gasteiger charge is -2.23. The summed E-state index contributed by atoms with van der Waals surface area (Å²) in [5.74, 6) is -0.00334. The molecule has 0 unspecified atom stereocenters. The van der Waals surface area contributed by atoms with Crippen LogP contribution in [-0.2, 0) is 11.2 Å². The molecular weight excluding hydrogens is 408 g/mol. The van der Waals surface area contributed by atoms with Crippen LogP contribution in [0.5, 0.6) is 0 Å². The van der Waals surface area contributed by atoms with Crippen molar-refractivity contribution in [3.8, 4) is 0 Å². The molecule has 1 atom stereocenters. The zero-order chi connectivity index (χ0) is 22.4. The van der Waals surface area contributed by atoms with Crippen LogP contribution in [0.15, 0.2) is 42.5 Å². The molecule has 0 saturated heterocycles. The van der Waals surface area contributed by atoms with E-state index < -0.39 is 0 Å². The van der Waals surface area contributed by atoms with Crippen molar-refractivity contribution in [3.63, 3.8) is 0 Å². The number of anilines is 1. The number of hydrogen-bond donors (Lipinski definition) is 2. The topological polar surface area (TPSA) is 58.2 Å². The van der Waals surface area contributed by atoms with Crippen molar-refractivity contribution in [2.75, 3.05) is 5.32 Å². The first kappa shape index (κ1) is 23.3. The van der Waals surface area contributed by atoms with E-state index in [2.05, 4.69) is 36.6 Å². The highest BCUT2D eigenvalue weighted by Crippen LogP contribution is 2.26. The number of halogens is 1. The lowest BCUT2D eigenvalue weighted by molar-refractivity contribution is -0.117. The molecule has 4 nitrogen and oxygen atoms in total. The predicted molar refractivity (Wildman–Crippen MR) is 128 cm³/mol. The van der Waals surface area contributed by atoms with E-state index in [9.17, 15) is 9.59 Å². The Labute approximate surface area is 190 Å². The van der Waals surface area contributed by atoms with Gasteiger partial charge in [-0.05, 0) is 61.4 Å². The standard InChI is InChI=1S/C26H33ClN2O2/c1-17(2)15-19-9-11-20(12-10-19)18(3)25(30)29-24-16-21(13-14-23(24)27)26(31)28-22-7-5-4-6-8-22/h9-14,16-18,22H,4-8,15H2,1-3H3,(H,28,31)(H,29,30)/t18-/m1/s1. The maximum atomic E-state index is 12.9. The molecule has 2 aromatic rings. The quantitative estimate of drug-likeness (QED) is 0.527. The molecule has 1 aliphatic carbocycles. The van der Waals surface area contributed by atoms with Crippen LogP contribution >= 0.6 is 11.6 Å². The first-order valence-corrected chi connectivity index (χ1v) is 11.7. The minimum absolute atomic E-state index is 0.118. The molecule has 5 heteroatoms. The second-order valence-electron chi connectivity index (χ2n) is 9.05. The van der Waals surface area contributed by atoms with Gasteiger partial charge < -0.3 is 10.6 Å². The van der Waals surface area contributed by atoms with Crippen molar-refractivity contribution in [3.05, 3.63) is 64.2 Å². The van der Waals surface area contributed by atoms with Crippen LogP contribution in [0.2, 0.25) is 5.02 Å². The SMILES string of the molecule is CC(C)Cc1ccc([C@@H](C)C(=O)Nc2cc(C(=O)NC3CCCCC3)ccc2Cl)cc1. The maximum absolute atomic E-state index is 12.9. The largest absolute Gasteiger partial charge is 0.349 e. The summed E-state index contributed by atoms with van der Waals surface area (Å²) in [5.41, 5.74) is 3.20. The van der Waals surface area contributed by atoms with Crippen LogP contribution in [0.4, 0.5) is 5.69 Å². The molecule has 0 spiro atoms. The Hall–Kier alpha value is -2.33. The van der Waals surface area contributed by atoms with Gasteiger partial charge >= 0.3 is 0 Å². The number of nitrogens with one attached hydrogen (secondary N) is 2. The summed E-state index contributed by atoms with van der Waals surface area (Å²) in [6.07, 6.45) is 6.62. The Balaban J connectivity index is 1.66. The third-order valence-corrected chi connectivity index (χ3v) is 6.27. The van der Waals surface area contributed by atoms with E-state index in [0.717, 1.165) is 37.7 Å². The van der Waals surface area contributed by atoms with Crippen LogP contribution in [0.1, 0.15) is 80.3 Å². The average molecular weight is 441 g/mol. The molecule has 3 rings (SSSR count). The van der Waals surface area contributed by atoms with Gasteiger partial charge in [0.2, 0.25) is 5.91 Å². The third-order valence-electron chi connectivity index (χ3n) is 5.94. The zero-order valence-corrected chi connectivity index (χ0v) is 19.5. The van der Waals surface area contributed by atoms with E-state index >= 15 is 0 Å². The predicted octanol–water partition coefficient (Wildman–Crippen LogP) is 6.34. The Kier molecular flexibility index (Phi) is 8.14. The van der Waals surface area contributed by atoms with Gasteiger partial charge in [0.25, 0.3) is 5.91 Å². The first-order valence-electron chi connectivity index (χ1n) is 11.3. The van der Waals surface area contributed by atoms with Gasteiger partial charge in [-0.2, -0.15) is 0 Å². The first-order chi connectivity index (χ1) is 14.8. The van der Waals surface area contributed by atoms with Crippen LogP contribution in [0, 0.1) is 5.92 Å². The lowest BCUT2D eigenvalue weighted by Crippen LogP contribution is -2.36. The number of carbonyl (C=O) groups excluding carboxylic acids is 2. The molecule has 0 radical (unpaired) electrons. The highest BCUT2D eigenvalue weighted by molar-refractivity contribution is 6.34. The molecule has 0 heterocycles. The summed E-state index contributed by atoms with van der Waals surface area (Å²) >= 11 is 6.31. The van der Waals surface area contributed by atoms with E-state index in [-0.39, 0.29) is 23.8 Å². The van der Waals surface area contributed by atoms with Gasteiger partial charge in [0.1, 0.15) is 0 Å². The molecular formula is C26H33ClN2O2. The van der Waals surface area contributed by atoms with Gasteiger partial charge in [-0.3, -0.25) is 9.59 Å². The molecule has 2 N–H and O–H groups in total. The van der Waals surface area contributed by atoms with Crippen molar-refractivity contribution in [2.24, 2.45) is 5.92 Å². The Morgan fingerprint density at radius 2 is 1.68 bits per heavy atom. The van der Waals surface area contributed by atoms with Crippen molar-refractivity contribution < 1.29 is 9.59 Å². The third kappa shape index (κ3) is 6.57. The summed E-state index contributed by atoms with van der Waals surface area (Å²) in [7, 11) is 0. The number of amides is 2. The Morgan fingerprint density at radius 1 is 1.00 bits per heavy atom. The summed E-state index contributed by atoms with van der Waals surface area (Å²) in [6, 6.07) is 13.5. The van der Waals surface area contributed by atoms with Crippen molar-refractivity contribution in [1.82, 2.24) is 5.32 Å². The fourth-order valence-electron chi connectivity index (χ4n) is 4.08. The number of carbonyl (C=O) groups is 2.